The SMILES string of the molecule is COC(=O)C[C@@H]1CCCN1C(=O)c1cccc(Nc2ccc(C)nn2)c1. The van der Waals surface area contributed by atoms with Crippen molar-refractivity contribution in [3.63, 3.8) is 0 Å². The molecule has 1 saturated heterocycles. The second kappa shape index (κ2) is 7.95. The van der Waals surface area contributed by atoms with Crippen LogP contribution in [0, 0.1) is 6.92 Å². The largest absolute Gasteiger partial charge is 0.469 e. The predicted octanol–water partition coefficient (Wildman–Crippen LogP) is 2.70. The van der Waals surface area contributed by atoms with E-state index in [4.69, 9.17) is 4.74 Å². The molecular formula is C19H22N4O3. The molecule has 1 aromatic heterocycles. The maximum absolute atomic E-state index is 12.9. The second-order valence-electron chi connectivity index (χ2n) is 6.34. The van der Waals surface area contributed by atoms with E-state index in [-0.39, 0.29) is 24.3 Å². The highest BCUT2D eigenvalue weighted by molar-refractivity contribution is 5.96. The molecule has 1 amide bonds. The van der Waals surface area contributed by atoms with Gasteiger partial charge in [-0.25, -0.2) is 0 Å². The van der Waals surface area contributed by atoms with Gasteiger partial charge < -0.3 is 15.0 Å². The normalized spacial score (nSPS) is 16.4. The quantitative estimate of drug-likeness (QED) is 0.831. The van der Waals surface area contributed by atoms with Gasteiger partial charge in [0.1, 0.15) is 0 Å². The zero-order chi connectivity index (χ0) is 18.5. The Bertz CT molecular complexity index is 792. The van der Waals surface area contributed by atoms with Gasteiger partial charge in [0.2, 0.25) is 0 Å². The first-order chi connectivity index (χ1) is 12.6. The van der Waals surface area contributed by atoms with Gasteiger partial charge in [0, 0.05) is 23.8 Å². The van der Waals surface area contributed by atoms with E-state index in [0.717, 1.165) is 24.2 Å². The van der Waals surface area contributed by atoms with Crippen LogP contribution in [0.1, 0.15) is 35.3 Å². The van der Waals surface area contributed by atoms with Gasteiger partial charge in [0.05, 0.1) is 19.2 Å². The zero-order valence-corrected chi connectivity index (χ0v) is 14.9. The molecule has 0 spiro atoms. The molecule has 0 bridgehead atoms. The summed E-state index contributed by atoms with van der Waals surface area (Å²) in [6.45, 7) is 2.53. The van der Waals surface area contributed by atoms with Crippen molar-refractivity contribution in [1.82, 2.24) is 15.1 Å². The lowest BCUT2D eigenvalue weighted by molar-refractivity contribution is -0.141. The Kier molecular flexibility index (Phi) is 5.46. The molecule has 3 rings (SSSR count). The summed E-state index contributed by atoms with van der Waals surface area (Å²) >= 11 is 0. The maximum atomic E-state index is 12.9. The average molecular weight is 354 g/mol. The molecule has 0 saturated carbocycles. The zero-order valence-electron chi connectivity index (χ0n) is 14.9. The molecule has 1 N–H and O–H groups in total. The summed E-state index contributed by atoms with van der Waals surface area (Å²) < 4.78 is 4.74. The van der Waals surface area contributed by atoms with E-state index in [1.807, 2.05) is 31.2 Å². The lowest BCUT2D eigenvalue weighted by Crippen LogP contribution is -2.37. The van der Waals surface area contributed by atoms with Crippen LogP contribution in [0.15, 0.2) is 36.4 Å². The van der Waals surface area contributed by atoms with Gasteiger partial charge in [0.25, 0.3) is 5.91 Å². The minimum atomic E-state index is -0.289. The van der Waals surface area contributed by atoms with Crippen molar-refractivity contribution in [3.05, 3.63) is 47.7 Å². The molecule has 0 radical (unpaired) electrons. The Labute approximate surface area is 152 Å². The minimum absolute atomic E-state index is 0.0740. The average Bonchev–Trinajstić information content (AvgIpc) is 3.11. The number of nitrogens with zero attached hydrogens (tertiary/aromatic N) is 3. The molecule has 1 aliphatic heterocycles. The van der Waals surface area contributed by atoms with E-state index in [1.165, 1.54) is 7.11 Å². The number of esters is 1. The van der Waals surface area contributed by atoms with Gasteiger partial charge in [-0.3, -0.25) is 9.59 Å². The Morgan fingerprint density at radius 2 is 2.12 bits per heavy atom. The molecule has 7 nitrogen and oxygen atoms in total. The fourth-order valence-corrected chi connectivity index (χ4v) is 3.10. The van der Waals surface area contributed by atoms with Crippen LogP contribution in [0.4, 0.5) is 11.5 Å². The third kappa shape index (κ3) is 4.17. The van der Waals surface area contributed by atoms with Crippen molar-refractivity contribution in [3.8, 4) is 0 Å². The number of anilines is 2. The molecule has 7 heteroatoms. The lowest BCUT2D eigenvalue weighted by atomic mass is 10.1. The first kappa shape index (κ1) is 17.8. The first-order valence-electron chi connectivity index (χ1n) is 8.62. The standard InChI is InChI=1S/C19H22N4O3/c1-13-8-9-17(22-21-13)20-15-6-3-5-14(11-15)19(25)23-10-4-7-16(23)12-18(24)26-2/h3,5-6,8-9,11,16H,4,7,10,12H2,1-2H3,(H,20,22)/t16-/m0/s1. The highest BCUT2D eigenvalue weighted by Gasteiger charge is 2.31. The number of nitrogens with one attached hydrogen (secondary N) is 1. The molecule has 1 aliphatic rings. The molecule has 1 fully saturated rings. The number of benzene rings is 1. The van der Waals surface area contributed by atoms with Gasteiger partial charge >= 0.3 is 5.97 Å². The van der Waals surface area contributed by atoms with Crippen LogP contribution in [0.5, 0.6) is 0 Å². The number of hydrogen-bond acceptors (Lipinski definition) is 6. The molecule has 1 atom stereocenters. The van der Waals surface area contributed by atoms with E-state index in [0.29, 0.717) is 17.9 Å². The van der Waals surface area contributed by atoms with E-state index in [9.17, 15) is 9.59 Å². The number of methoxy groups -OCH3 is 1. The summed E-state index contributed by atoms with van der Waals surface area (Å²) in [7, 11) is 1.37. The van der Waals surface area contributed by atoms with Crippen LogP contribution in [0.2, 0.25) is 0 Å². The summed E-state index contributed by atoms with van der Waals surface area (Å²) in [4.78, 5) is 26.2. The van der Waals surface area contributed by atoms with Gasteiger partial charge in [-0.15, -0.1) is 5.10 Å². The Morgan fingerprint density at radius 3 is 2.85 bits per heavy atom. The molecule has 0 aliphatic carbocycles. The van der Waals surface area contributed by atoms with E-state index < -0.39 is 0 Å². The third-order valence-electron chi connectivity index (χ3n) is 4.45. The molecular weight excluding hydrogens is 332 g/mol. The van der Waals surface area contributed by atoms with Gasteiger partial charge in [-0.2, -0.15) is 5.10 Å². The van der Waals surface area contributed by atoms with Crippen molar-refractivity contribution < 1.29 is 14.3 Å². The Morgan fingerprint density at radius 1 is 1.27 bits per heavy atom. The van der Waals surface area contributed by atoms with Crippen LogP contribution >= 0.6 is 0 Å². The number of hydrogen-bond donors (Lipinski definition) is 1. The van der Waals surface area contributed by atoms with Crippen LogP contribution in [0.25, 0.3) is 0 Å². The van der Waals surface area contributed by atoms with E-state index in [1.54, 1.807) is 17.0 Å². The van der Waals surface area contributed by atoms with Gasteiger partial charge in [0.15, 0.2) is 5.82 Å². The summed E-state index contributed by atoms with van der Waals surface area (Å²) in [5.74, 6) is 0.253. The molecule has 26 heavy (non-hydrogen) atoms. The summed E-state index contributed by atoms with van der Waals surface area (Å²) in [6, 6.07) is 10.9. The molecule has 2 aromatic rings. The summed E-state index contributed by atoms with van der Waals surface area (Å²) in [5.41, 5.74) is 2.18. The highest BCUT2D eigenvalue weighted by Crippen LogP contribution is 2.24. The fraction of sp³-hybridized carbons (Fsp3) is 0.368. The fourth-order valence-electron chi connectivity index (χ4n) is 3.10. The van der Waals surface area contributed by atoms with Crippen LogP contribution < -0.4 is 5.32 Å². The molecule has 0 unspecified atom stereocenters. The molecule has 136 valence electrons. The molecule has 1 aromatic carbocycles. The van der Waals surface area contributed by atoms with Crippen LogP contribution in [-0.4, -0.2) is 46.7 Å². The van der Waals surface area contributed by atoms with Gasteiger partial charge in [-0.05, 0) is 50.1 Å². The smallest absolute Gasteiger partial charge is 0.307 e. The third-order valence-corrected chi connectivity index (χ3v) is 4.45. The highest BCUT2D eigenvalue weighted by atomic mass is 16.5. The lowest BCUT2D eigenvalue weighted by Gasteiger charge is -2.24. The van der Waals surface area contributed by atoms with Crippen molar-refractivity contribution in [1.29, 1.82) is 0 Å². The summed E-state index contributed by atoms with van der Waals surface area (Å²) in [5, 5.41) is 11.2. The van der Waals surface area contributed by atoms with Crippen molar-refractivity contribution in [2.45, 2.75) is 32.2 Å². The number of amides is 1. The number of rotatable bonds is 5. The number of aryl methyl sites for hydroxylation is 1. The van der Waals surface area contributed by atoms with Gasteiger partial charge in [-0.1, -0.05) is 6.07 Å². The molecule has 2 heterocycles. The number of likely N-dealkylation sites (tertiary alicyclic amines) is 1. The van der Waals surface area contributed by atoms with E-state index in [2.05, 4.69) is 15.5 Å². The maximum Gasteiger partial charge on any atom is 0.307 e. The number of aromatic nitrogens is 2. The number of ether oxygens (including phenoxy) is 1. The number of carbonyl (C=O) groups excluding carboxylic acids is 2. The monoisotopic (exact) mass is 354 g/mol. The van der Waals surface area contributed by atoms with Crippen molar-refractivity contribution >= 4 is 23.4 Å². The van der Waals surface area contributed by atoms with Crippen LogP contribution in [-0.2, 0) is 9.53 Å². The Hall–Kier alpha value is -2.96. The van der Waals surface area contributed by atoms with Crippen molar-refractivity contribution in [2.24, 2.45) is 0 Å². The predicted molar refractivity (Wildman–Crippen MR) is 97.2 cm³/mol. The van der Waals surface area contributed by atoms with Crippen molar-refractivity contribution in [2.75, 3.05) is 19.0 Å². The summed E-state index contributed by atoms with van der Waals surface area (Å²) in [6.07, 6.45) is 1.95. The number of carbonyl (C=O) groups is 2. The Balaban J connectivity index is 1.73. The topological polar surface area (TPSA) is 84.4 Å². The van der Waals surface area contributed by atoms with E-state index >= 15 is 0 Å². The minimum Gasteiger partial charge on any atom is -0.469 e. The van der Waals surface area contributed by atoms with Crippen LogP contribution in [0.3, 0.4) is 0 Å². The first-order valence-corrected chi connectivity index (χ1v) is 8.62. The second-order valence-corrected chi connectivity index (χ2v) is 6.34.